The number of hydrogen-bond donors (Lipinski definition) is 1. The standard InChI is InChI=1S/C27H35FN4O3S/c1-31-14-12-30-27(31)36-16-15-32-13-10-19(20(18-32)4-8-26(33)34)3-6-24(28)22-9-11-29-25-7-5-21(35-2)17-23(22)25/h5,7,9,11-12,14,17,19-20,24H,3-4,6,8,10,13,15-16,18H2,1-2H3,(H,33,34)/t19-,20-,24-/m1/s1. The first-order valence-electron chi connectivity index (χ1n) is 12.6. The molecule has 0 spiro atoms. The highest BCUT2D eigenvalue weighted by Crippen LogP contribution is 2.36. The third-order valence-corrected chi connectivity index (χ3v) is 8.27. The van der Waals surface area contributed by atoms with Gasteiger partial charge in [0.15, 0.2) is 5.16 Å². The number of aryl methyl sites for hydroxylation is 1. The monoisotopic (exact) mass is 514 g/mol. The van der Waals surface area contributed by atoms with Crippen LogP contribution in [0.5, 0.6) is 5.75 Å². The van der Waals surface area contributed by atoms with Crippen LogP contribution >= 0.6 is 11.8 Å². The zero-order chi connectivity index (χ0) is 25.5. The minimum Gasteiger partial charge on any atom is -0.497 e. The van der Waals surface area contributed by atoms with Gasteiger partial charge in [-0.2, -0.15) is 0 Å². The molecule has 9 heteroatoms. The minimum atomic E-state index is -1.10. The van der Waals surface area contributed by atoms with E-state index in [-0.39, 0.29) is 12.3 Å². The first-order chi connectivity index (χ1) is 17.4. The Morgan fingerprint density at radius 3 is 2.86 bits per heavy atom. The van der Waals surface area contributed by atoms with Gasteiger partial charge in [0.2, 0.25) is 0 Å². The van der Waals surface area contributed by atoms with Crippen molar-refractivity contribution in [1.82, 2.24) is 19.4 Å². The van der Waals surface area contributed by atoms with E-state index in [2.05, 4.69) is 14.9 Å². The number of nitrogens with zero attached hydrogens (tertiary/aromatic N) is 4. The zero-order valence-electron chi connectivity index (χ0n) is 21.0. The number of alkyl halides is 1. The predicted molar refractivity (Wildman–Crippen MR) is 140 cm³/mol. The van der Waals surface area contributed by atoms with E-state index in [4.69, 9.17) is 4.74 Å². The number of pyridine rings is 1. The lowest BCUT2D eigenvalue weighted by atomic mass is 9.79. The molecule has 0 saturated carbocycles. The number of likely N-dealkylation sites (tertiary alicyclic amines) is 1. The van der Waals surface area contributed by atoms with E-state index < -0.39 is 12.1 Å². The van der Waals surface area contributed by atoms with Crippen LogP contribution in [-0.4, -0.2) is 63.0 Å². The number of carbonyl (C=O) groups is 1. The number of aromatic nitrogens is 3. The number of fused-ring (bicyclic) bond motifs is 1. The van der Waals surface area contributed by atoms with Gasteiger partial charge in [-0.3, -0.25) is 9.78 Å². The van der Waals surface area contributed by atoms with E-state index >= 15 is 4.39 Å². The van der Waals surface area contributed by atoms with Gasteiger partial charge >= 0.3 is 5.97 Å². The highest BCUT2D eigenvalue weighted by molar-refractivity contribution is 7.99. The van der Waals surface area contributed by atoms with Crippen LogP contribution in [-0.2, 0) is 11.8 Å². The Labute approximate surface area is 216 Å². The van der Waals surface area contributed by atoms with Crippen molar-refractivity contribution >= 4 is 28.6 Å². The number of hydrogen-bond acceptors (Lipinski definition) is 6. The number of carboxylic acids is 1. The van der Waals surface area contributed by atoms with Crippen molar-refractivity contribution in [3.63, 3.8) is 0 Å². The summed E-state index contributed by atoms with van der Waals surface area (Å²) in [6.07, 6.45) is 7.23. The van der Waals surface area contributed by atoms with E-state index in [1.165, 1.54) is 0 Å². The summed E-state index contributed by atoms with van der Waals surface area (Å²) >= 11 is 1.74. The van der Waals surface area contributed by atoms with Gasteiger partial charge in [0.05, 0.1) is 12.6 Å². The molecule has 4 rings (SSSR count). The maximum absolute atomic E-state index is 15.5. The van der Waals surface area contributed by atoms with Crippen LogP contribution in [0.25, 0.3) is 10.9 Å². The molecule has 1 saturated heterocycles. The van der Waals surface area contributed by atoms with Crippen LogP contribution in [0.2, 0.25) is 0 Å². The fourth-order valence-corrected chi connectivity index (χ4v) is 6.13. The Morgan fingerprint density at radius 1 is 1.25 bits per heavy atom. The third-order valence-electron chi connectivity index (χ3n) is 7.23. The number of methoxy groups -OCH3 is 1. The molecule has 0 unspecified atom stereocenters. The normalized spacial score (nSPS) is 19.4. The Balaban J connectivity index is 1.36. The van der Waals surface area contributed by atoms with Gasteiger partial charge in [0.25, 0.3) is 0 Å². The minimum absolute atomic E-state index is 0.158. The molecule has 1 fully saturated rings. The number of ether oxygens (including phenoxy) is 1. The fraction of sp³-hybridized carbons (Fsp3) is 0.519. The van der Waals surface area contributed by atoms with Crippen molar-refractivity contribution in [2.24, 2.45) is 18.9 Å². The molecule has 7 nitrogen and oxygen atoms in total. The lowest BCUT2D eigenvalue weighted by Crippen LogP contribution is -2.41. The summed E-state index contributed by atoms with van der Waals surface area (Å²) in [5.74, 6) is 1.44. The molecule has 1 aliphatic heterocycles. The molecule has 0 aliphatic carbocycles. The van der Waals surface area contributed by atoms with E-state index in [0.717, 1.165) is 54.3 Å². The SMILES string of the molecule is COc1ccc2nccc([C@H](F)CC[C@@H]3CCN(CCSc4nccn4C)C[C@H]3CCC(=O)O)c2c1. The second kappa shape index (κ2) is 12.5. The Morgan fingerprint density at radius 2 is 2.11 bits per heavy atom. The molecule has 2 aromatic heterocycles. The van der Waals surface area contributed by atoms with Crippen LogP contribution in [0.4, 0.5) is 4.39 Å². The average molecular weight is 515 g/mol. The molecule has 194 valence electrons. The van der Waals surface area contributed by atoms with Crippen LogP contribution in [0, 0.1) is 11.8 Å². The number of benzene rings is 1. The topological polar surface area (TPSA) is 80.5 Å². The van der Waals surface area contributed by atoms with Crippen molar-refractivity contribution in [1.29, 1.82) is 0 Å². The molecule has 3 aromatic rings. The molecule has 3 heterocycles. The summed E-state index contributed by atoms with van der Waals surface area (Å²) in [4.78, 5) is 22.4. The van der Waals surface area contributed by atoms with E-state index in [9.17, 15) is 9.90 Å². The molecule has 1 aromatic carbocycles. The smallest absolute Gasteiger partial charge is 0.303 e. The maximum Gasteiger partial charge on any atom is 0.303 e. The molecule has 3 atom stereocenters. The summed E-state index contributed by atoms with van der Waals surface area (Å²) < 4.78 is 22.9. The molecule has 1 N–H and O–H groups in total. The Hall–Kier alpha value is -2.65. The molecular weight excluding hydrogens is 479 g/mol. The van der Waals surface area contributed by atoms with E-state index in [1.54, 1.807) is 37.3 Å². The zero-order valence-corrected chi connectivity index (χ0v) is 21.8. The van der Waals surface area contributed by atoms with Gasteiger partial charge < -0.3 is 19.3 Å². The van der Waals surface area contributed by atoms with Gasteiger partial charge in [0, 0.05) is 56.3 Å². The molecule has 0 radical (unpaired) electrons. The molecule has 1 aliphatic rings. The second-order valence-electron chi connectivity index (χ2n) is 9.54. The van der Waals surface area contributed by atoms with Crippen molar-refractivity contribution < 1.29 is 19.0 Å². The van der Waals surface area contributed by atoms with Gasteiger partial charge in [0.1, 0.15) is 11.9 Å². The van der Waals surface area contributed by atoms with Crippen LogP contribution in [0.15, 0.2) is 48.0 Å². The summed E-state index contributed by atoms with van der Waals surface area (Å²) in [5.41, 5.74) is 1.40. The van der Waals surface area contributed by atoms with Crippen LogP contribution in [0.1, 0.15) is 43.8 Å². The molecule has 36 heavy (non-hydrogen) atoms. The largest absolute Gasteiger partial charge is 0.497 e. The summed E-state index contributed by atoms with van der Waals surface area (Å²) in [6.45, 7) is 2.76. The number of rotatable bonds is 12. The molecule has 0 bridgehead atoms. The van der Waals surface area contributed by atoms with E-state index in [1.807, 2.05) is 36.0 Å². The third kappa shape index (κ3) is 6.76. The van der Waals surface area contributed by atoms with Crippen LogP contribution < -0.4 is 4.74 Å². The number of halogens is 1. The number of aliphatic carboxylic acids is 1. The second-order valence-corrected chi connectivity index (χ2v) is 10.6. The quantitative estimate of drug-likeness (QED) is 0.326. The highest BCUT2D eigenvalue weighted by atomic mass is 32.2. The van der Waals surface area contributed by atoms with Gasteiger partial charge in [-0.05, 0) is 73.9 Å². The lowest BCUT2D eigenvalue weighted by Gasteiger charge is -2.39. The fourth-order valence-electron chi connectivity index (χ4n) is 5.19. The number of imidazole rings is 1. The van der Waals surface area contributed by atoms with Crippen molar-refractivity contribution in [3.8, 4) is 5.75 Å². The van der Waals surface area contributed by atoms with Crippen molar-refractivity contribution in [2.75, 3.05) is 32.5 Å². The highest BCUT2D eigenvalue weighted by Gasteiger charge is 2.30. The van der Waals surface area contributed by atoms with E-state index in [0.29, 0.717) is 30.1 Å². The Bertz CT molecular complexity index is 1160. The van der Waals surface area contributed by atoms with Crippen molar-refractivity contribution in [2.45, 2.75) is 43.4 Å². The summed E-state index contributed by atoms with van der Waals surface area (Å²) in [7, 11) is 3.59. The average Bonchev–Trinajstić information content (AvgIpc) is 3.30. The summed E-state index contributed by atoms with van der Waals surface area (Å²) in [5, 5.41) is 11.1. The molecule has 0 amide bonds. The molecular formula is C27H35FN4O3S. The number of carboxylic acid groups (broad SMARTS) is 1. The predicted octanol–water partition coefficient (Wildman–Crippen LogP) is 5.36. The van der Waals surface area contributed by atoms with Crippen molar-refractivity contribution in [3.05, 3.63) is 48.4 Å². The maximum atomic E-state index is 15.5. The van der Waals surface area contributed by atoms with Gasteiger partial charge in [-0.15, -0.1) is 0 Å². The first kappa shape index (κ1) is 26.4. The summed E-state index contributed by atoms with van der Waals surface area (Å²) in [6, 6.07) is 7.30. The van der Waals surface area contributed by atoms with Gasteiger partial charge in [-0.1, -0.05) is 11.8 Å². The lowest BCUT2D eigenvalue weighted by molar-refractivity contribution is -0.137. The Kier molecular flexibility index (Phi) is 9.20. The number of thioether (sulfide) groups is 1. The van der Waals surface area contributed by atoms with Crippen LogP contribution in [0.3, 0.4) is 0 Å². The van der Waals surface area contributed by atoms with Gasteiger partial charge in [-0.25, -0.2) is 9.37 Å². The first-order valence-corrected chi connectivity index (χ1v) is 13.5. The number of piperidine rings is 1.